The molecule has 25 heavy (non-hydrogen) atoms. The smallest absolute Gasteiger partial charge is 0.163 e. The summed E-state index contributed by atoms with van der Waals surface area (Å²) in [5.74, 6) is 0.512. The highest BCUT2D eigenvalue weighted by molar-refractivity contribution is 5.85. The van der Waals surface area contributed by atoms with Crippen LogP contribution in [-0.4, -0.2) is 32.9 Å². The highest BCUT2D eigenvalue weighted by atomic mass is 35.5. The molecule has 0 radical (unpaired) electrons. The molecule has 0 spiro atoms. The summed E-state index contributed by atoms with van der Waals surface area (Å²) < 4.78 is 30.8. The second-order valence-corrected chi connectivity index (χ2v) is 5.86. The first kappa shape index (κ1) is 19.5. The Labute approximate surface area is 153 Å². The quantitative estimate of drug-likeness (QED) is 0.875. The molecular weight excluding hydrogens is 345 g/mol. The number of aryl methyl sites for hydroxylation is 1. The lowest BCUT2D eigenvalue weighted by molar-refractivity contribution is -0.0438. The average Bonchev–Trinajstić information content (AvgIpc) is 2.61. The number of rotatable bonds is 5. The van der Waals surface area contributed by atoms with Crippen molar-refractivity contribution in [3.05, 3.63) is 59.4 Å². The van der Waals surface area contributed by atoms with Crippen LogP contribution < -0.4 is 14.8 Å². The largest absolute Gasteiger partial charge is 0.493 e. The van der Waals surface area contributed by atoms with E-state index in [4.69, 9.17) is 14.2 Å². The Morgan fingerprint density at radius 3 is 2.72 bits per heavy atom. The van der Waals surface area contributed by atoms with Gasteiger partial charge in [-0.05, 0) is 24.6 Å². The van der Waals surface area contributed by atoms with Crippen molar-refractivity contribution in [2.45, 2.75) is 19.1 Å². The van der Waals surface area contributed by atoms with E-state index >= 15 is 0 Å². The van der Waals surface area contributed by atoms with Crippen LogP contribution in [0, 0.1) is 12.7 Å². The Morgan fingerprint density at radius 2 is 2.04 bits per heavy atom. The molecule has 0 unspecified atom stereocenters. The molecule has 1 heterocycles. The number of morpholine rings is 1. The molecule has 6 heteroatoms. The molecule has 2 atom stereocenters. The fourth-order valence-corrected chi connectivity index (χ4v) is 2.86. The van der Waals surface area contributed by atoms with Crippen LogP contribution in [0.1, 0.15) is 17.2 Å². The summed E-state index contributed by atoms with van der Waals surface area (Å²) in [5.41, 5.74) is 2.17. The number of benzene rings is 2. The summed E-state index contributed by atoms with van der Waals surface area (Å²) in [7, 11) is 1.50. The maximum Gasteiger partial charge on any atom is 0.163 e. The highest BCUT2D eigenvalue weighted by Crippen LogP contribution is 2.34. The van der Waals surface area contributed by atoms with Crippen LogP contribution in [0.5, 0.6) is 11.5 Å². The second-order valence-electron chi connectivity index (χ2n) is 5.86. The van der Waals surface area contributed by atoms with Gasteiger partial charge in [-0.25, -0.2) is 4.39 Å². The van der Waals surface area contributed by atoms with Gasteiger partial charge in [-0.2, -0.15) is 0 Å². The maximum atomic E-state index is 13.4. The van der Waals surface area contributed by atoms with Crippen molar-refractivity contribution in [1.82, 2.24) is 5.32 Å². The summed E-state index contributed by atoms with van der Waals surface area (Å²) in [6, 6.07) is 12.4. The van der Waals surface area contributed by atoms with E-state index in [0.717, 1.165) is 17.7 Å². The SMILES string of the molecule is COc1cc(F)ccc1O[C@@H](c1cccc(C)c1)[C@@H]1CNCCO1.Cl. The van der Waals surface area contributed by atoms with Crippen LogP contribution in [0.4, 0.5) is 4.39 Å². The van der Waals surface area contributed by atoms with Crippen molar-refractivity contribution in [1.29, 1.82) is 0 Å². The van der Waals surface area contributed by atoms with Crippen LogP contribution in [0.2, 0.25) is 0 Å². The molecule has 2 aromatic rings. The monoisotopic (exact) mass is 367 g/mol. The first-order valence-corrected chi connectivity index (χ1v) is 8.06. The van der Waals surface area contributed by atoms with E-state index in [0.29, 0.717) is 24.7 Å². The molecule has 1 aliphatic rings. The molecule has 136 valence electrons. The van der Waals surface area contributed by atoms with Crippen LogP contribution in [0.15, 0.2) is 42.5 Å². The molecule has 2 aromatic carbocycles. The van der Waals surface area contributed by atoms with Crippen LogP contribution in [-0.2, 0) is 4.74 Å². The van der Waals surface area contributed by atoms with Crippen molar-refractivity contribution in [3.8, 4) is 11.5 Å². The lowest BCUT2D eigenvalue weighted by Gasteiger charge is -2.32. The Kier molecular flexibility index (Phi) is 7.05. The Morgan fingerprint density at radius 1 is 1.20 bits per heavy atom. The molecule has 0 amide bonds. The van der Waals surface area contributed by atoms with E-state index in [2.05, 4.69) is 11.4 Å². The van der Waals surface area contributed by atoms with Gasteiger partial charge in [-0.15, -0.1) is 12.4 Å². The summed E-state index contributed by atoms with van der Waals surface area (Å²) >= 11 is 0. The molecule has 1 N–H and O–H groups in total. The minimum Gasteiger partial charge on any atom is -0.493 e. The fourth-order valence-electron chi connectivity index (χ4n) is 2.86. The normalized spacial score (nSPS) is 18.1. The predicted molar refractivity (Wildman–Crippen MR) is 97.4 cm³/mol. The van der Waals surface area contributed by atoms with Gasteiger partial charge in [-0.3, -0.25) is 0 Å². The number of halogens is 2. The van der Waals surface area contributed by atoms with Crippen LogP contribution in [0.3, 0.4) is 0 Å². The molecule has 0 saturated carbocycles. The summed E-state index contributed by atoms with van der Waals surface area (Å²) in [6.45, 7) is 4.20. The Balaban J connectivity index is 0.00000225. The van der Waals surface area contributed by atoms with Crippen LogP contribution in [0.25, 0.3) is 0 Å². The fraction of sp³-hybridized carbons (Fsp3) is 0.368. The van der Waals surface area contributed by atoms with E-state index in [1.54, 1.807) is 6.07 Å². The number of hydrogen-bond acceptors (Lipinski definition) is 4. The minimum atomic E-state index is -0.359. The van der Waals surface area contributed by atoms with E-state index in [-0.39, 0.29) is 30.4 Å². The summed E-state index contributed by atoms with van der Waals surface area (Å²) in [6.07, 6.45) is -0.438. The van der Waals surface area contributed by atoms with Gasteiger partial charge in [0.25, 0.3) is 0 Å². The van der Waals surface area contributed by atoms with Gasteiger partial charge in [0.2, 0.25) is 0 Å². The molecule has 1 fully saturated rings. The molecular formula is C19H23ClFNO3. The Bertz CT molecular complexity index is 692. The number of hydrogen-bond donors (Lipinski definition) is 1. The zero-order valence-corrected chi connectivity index (χ0v) is 15.1. The van der Waals surface area contributed by atoms with Crippen molar-refractivity contribution in [3.63, 3.8) is 0 Å². The van der Waals surface area contributed by atoms with E-state index in [9.17, 15) is 4.39 Å². The average molecular weight is 368 g/mol. The van der Waals surface area contributed by atoms with Gasteiger partial charge in [-0.1, -0.05) is 29.8 Å². The number of methoxy groups -OCH3 is 1. The predicted octanol–water partition coefficient (Wildman–Crippen LogP) is 3.67. The maximum absolute atomic E-state index is 13.4. The third-order valence-corrected chi connectivity index (χ3v) is 4.04. The zero-order valence-electron chi connectivity index (χ0n) is 14.3. The molecule has 4 nitrogen and oxygen atoms in total. The molecule has 1 aliphatic heterocycles. The third-order valence-electron chi connectivity index (χ3n) is 4.04. The molecule has 0 bridgehead atoms. The standard InChI is InChI=1S/C19H22FNO3.ClH/c1-13-4-3-5-14(10-13)19(18-12-21-8-9-23-18)24-16-7-6-15(20)11-17(16)22-2;/h3-7,10-11,18-19,21H,8-9,12H2,1-2H3;1H/t18-,19-;/m0./s1. The van der Waals surface area contributed by atoms with Crippen molar-refractivity contribution in [2.75, 3.05) is 26.8 Å². The summed E-state index contributed by atoms with van der Waals surface area (Å²) in [4.78, 5) is 0. The van der Waals surface area contributed by atoms with E-state index in [1.165, 1.54) is 19.2 Å². The van der Waals surface area contributed by atoms with Gasteiger partial charge < -0.3 is 19.5 Å². The summed E-state index contributed by atoms with van der Waals surface area (Å²) in [5, 5.41) is 3.33. The van der Waals surface area contributed by atoms with Gasteiger partial charge in [0.05, 0.1) is 13.7 Å². The van der Waals surface area contributed by atoms with E-state index < -0.39 is 0 Å². The van der Waals surface area contributed by atoms with Crippen LogP contribution >= 0.6 is 12.4 Å². The molecule has 1 saturated heterocycles. The topological polar surface area (TPSA) is 39.7 Å². The van der Waals surface area contributed by atoms with Gasteiger partial charge in [0.15, 0.2) is 17.6 Å². The lowest BCUT2D eigenvalue weighted by Crippen LogP contribution is -2.43. The highest BCUT2D eigenvalue weighted by Gasteiger charge is 2.29. The molecule has 0 aliphatic carbocycles. The van der Waals surface area contributed by atoms with Gasteiger partial charge >= 0.3 is 0 Å². The minimum absolute atomic E-state index is 0. The zero-order chi connectivity index (χ0) is 16.9. The van der Waals surface area contributed by atoms with Gasteiger partial charge in [0, 0.05) is 19.2 Å². The van der Waals surface area contributed by atoms with E-state index in [1.807, 2.05) is 25.1 Å². The Hall–Kier alpha value is -1.82. The number of ether oxygens (including phenoxy) is 3. The van der Waals surface area contributed by atoms with Crippen molar-refractivity contribution >= 4 is 12.4 Å². The third kappa shape index (κ3) is 4.84. The van der Waals surface area contributed by atoms with Gasteiger partial charge in [0.1, 0.15) is 11.9 Å². The first-order chi connectivity index (χ1) is 11.7. The van der Waals surface area contributed by atoms with Crippen molar-refractivity contribution in [2.24, 2.45) is 0 Å². The lowest BCUT2D eigenvalue weighted by atomic mass is 10.0. The van der Waals surface area contributed by atoms with Crippen molar-refractivity contribution < 1.29 is 18.6 Å². The second kappa shape index (κ2) is 9.04. The molecule has 0 aromatic heterocycles. The number of nitrogens with one attached hydrogen (secondary N) is 1. The molecule has 3 rings (SSSR count). The first-order valence-electron chi connectivity index (χ1n) is 8.06.